The van der Waals surface area contributed by atoms with E-state index >= 15 is 0 Å². The van der Waals surface area contributed by atoms with E-state index in [1.807, 2.05) is 84.9 Å². The largest absolute Gasteiger partial charge is 0.397 e. The summed E-state index contributed by atoms with van der Waals surface area (Å²) in [6, 6.07) is 26.8. The second kappa shape index (κ2) is 7.47. The molecule has 3 nitrogen and oxygen atoms in total. The number of para-hydroxylation sites is 2. The number of nitrogens with one attached hydrogen (secondary N) is 1. The number of rotatable bonds is 6. The molecule has 0 heterocycles. The summed E-state index contributed by atoms with van der Waals surface area (Å²) in [5.74, 6) is 0.103. The lowest BCUT2D eigenvalue weighted by atomic mass is 9.97. The van der Waals surface area contributed by atoms with Crippen LogP contribution in [0.3, 0.4) is 0 Å². The molecule has 0 aliphatic rings. The van der Waals surface area contributed by atoms with E-state index in [4.69, 9.17) is 5.73 Å². The third-order valence-electron chi connectivity index (χ3n) is 3.98. The zero-order valence-corrected chi connectivity index (χ0v) is 13.4. The lowest BCUT2D eigenvalue weighted by molar-refractivity contribution is 0.0976. The fourth-order valence-electron chi connectivity index (χ4n) is 2.68. The summed E-state index contributed by atoms with van der Waals surface area (Å²) in [4.78, 5) is 12.6. The van der Waals surface area contributed by atoms with Crippen LogP contribution in [0.2, 0.25) is 0 Å². The first kappa shape index (κ1) is 15.8. The molecular weight excluding hydrogens is 296 g/mol. The molecule has 0 spiro atoms. The molecule has 0 saturated carbocycles. The molecule has 0 bridgehead atoms. The maximum Gasteiger partial charge on any atom is 0.165 e. The normalized spacial score (nSPS) is 11.7. The van der Waals surface area contributed by atoms with Crippen LogP contribution in [0.25, 0.3) is 0 Å². The number of carbonyl (C=O) groups is 1. The molecule has 120 valence electrons. The first-order chi connectivity index (χ1) is 11.7. The van der Waals surface area contributed by atoms with Crippen LogP contribution in [0.4, 0.5) is 11.4 Å². The van der Waals surface area contributed by atoms with Crippen LogP contribution >= 0.6 is 0 Å². The van der Waals surface area contributed by atoms with Gasteiger partial charge >= 0.3 is 0 Å². The maximum absolute atomic E-state index is 12.6. The molecule has 0 amide bonds. The van der Waals surface area contributed by atoms with Gasteiger partial charge in [-0.2, -0.15) is 0 Å². The molecule has 3 N–H and O–H groups in total. The number of hydrogen-bond donors (Lipinski definition) is 2. The highest BCUT2D eigenvalue weighted by molar-refractivity contribution is 5.96. The molecule has 0 fully saturated rings. The Labute approximate surface area is 142 Å². The fraction of sp³-hybridized carbons (Fsp3) is 0.0952. The Morgan fingerprint density at radius 3 is 2.08 bits per heavy atom. The van der Waals surface area contributed by atoms with Crippen molar-refractivity contribution in [1.29, 1.82) is 0 Å². The average Bonchev–Trinajstić information content (AvgIpc) is 2.64. The molecule has 24 heavy (non-hydrogen) atoms. The molecule has 3 aromatic carbocycles. The fourth-order valence-corrected chi connectivity index (χ4v) is 2.68. The van der Waals surface area contributed by atoms with E-state index in [9.17, 15) is 4.79 Å². The number of anilines is 2. The highest BCUT2D eigenvalue weighted by Crippen LogP contribution is 2.27. The molecule has 0 saturated heterocycles. The summed E-state index contributed by atoms with van der Waals surface area (Å²) in [6.07, 6.45) is 0.363. The van der Waals surface area contributed by atoms with Crippen LogP contribution in [-0.2, 0) is 0 Å². The van der Waals surface area contributed by atoms with Crippen molar-refractivity contribution in [3.05, 3.63) is 96.1 Å². The topological polar surface area (TPSA) is 55.1 Å². The van der Waals surface area contributed by atoms with Crippen LogP contribution in [-0.4, -0.2) is 5.78 Å². The third kappa shape index (κ3) is 3.82. The zero-order valence-electron chi connectivity index (χ0n) is 13.4. The Morgan fingerprint density at radius 1 is 0.833 bits per heavy atom. The number of nitrogen functional groups attached to an aromatic ring is 1. The Morgan fingerprint density at radius 2 is 1.42 bits per heavy atom. The summed E-state index contributed by atoms with van der Waals surface area (Å²) in [7, 11) is 0. The maximum atomic E-state index is 12.6. The van der Waals surface area contributed by atoms with Gasteiger partial charge in [-0.15, -0.1) is 0 Å². The highest BCUT2D eigenvalue weighted by atomic mass is 16.1. The summed E-state index contributed by atoms with van der Waals surface area (Å²) < 4.78 is 0. The summed E-state index contributed by atoms with van der Waals surface area (Å²) >= 11 is 0. The minimum atomic E-state index is -0.136. The number of ketones is 1. The molecule has 1 atom stereocenters. The van der Waals surface area contributed by atoms with Gasteiger partial charge in [0, 0.05) is 12.0 Å². The number of carbonyl (C=O) groups excluding carboxylic acids is 1. The molecule has 0 aliphatic heterocycles. The minimum absolute atomic E-state index is 0.103. The van der Waals surface area contributed by atoms with Crippen molar-refractivity contribution in [3.63, 3.8) is 0 Å². The summed E-state index contributed by atoms with van der Waals surface area (Å²) in [5.41, 5.74) is 9.34. The molecule has 0 radical (unpaired) electrons. The zero-order chi connectivity index (χ0) is 16.8. The Hall–Kier alpha value is -3.07. The van der Waals surface area contributed by atoms with Crippen molar-refractivity contribution in [2.24, 2.45) is 0 Å². The van der Waals surface area contributed by atoms with Crippen LogP contribution in [0.1, 0.15) is 28.4 Å². The van der Waals surface area contributed by atoms with Crippen molar-refractivity contribution in [2.45, 2.75) is 12.5 Å². The van der Waals surface area contributed by atoms with Crippen molar-refractivity contribution >= 4 is 17.2 Å². The van der Waals surface area contributed by atoms with Gasteiger partial charge in [-0.05, 0) is 17.7 Å². The molecule has 0 aliphatic carbocycles. The molecule has 3 aromatic rings. The van der Waals surface area contributed by atoms with Gasteiger partial charge in [0.25, 0.3) is 0 Å². The van der Waals surface area contributed by atoms with Gasteiger partial charge < -0.3 is 11.1 Å². The SMILES string of the molecule is Nc1ccccc1NC(CC(=O)c1ccccc1)c1ccccc1. The summed E-state index contributed by atoms with van der Waals surface area (Å²) in [6.45, 7) is 0. The first-order valence-electron chi connectivity index (χ1n) is 7.98. The number of benzene rings is 3. The van der Waals surface area contributed by atoms with Crippen LogP contribution in [0.15, 0.2) is 84.9 Å². The van der Waals surface area contributed by atoms with E-state index in [2.05, 4.69) is 5.32 Å². The van der Waals surface area contributed by atoms with Crippen molar-refractivity contribution < 1.29 is 4.79 Å². The molecule has 3 heteroatoms. The van der Waals surface area contributed by atoms with Crippen LogP contribution in [0, 0.1) is 0 Å². The van der Waals surface area contributed by atoms with E-state index < -0.39 is 0 Å². The average molecular weight is 316 g/mol. The predicted molar refractivity (Wildman–Crippen MR) is 99.0 cm³/mol. The molecular formula is C21H20N2O. The van der Waals surface area contributed by atoms with Crippen LogP contribution in [0.5, 0.6) is 0 Å². The Bertz CT molecular complexity index is 800. The Balaban J connectivity index is 1.86. The molecule has 1 unspecified atom stereocenters. The van der Waals surface area contributed by atoms with Gasteiger partial charge in [0.2, 0.25) is 0 Å². The standard InChI is InChI=1S/C21H20N2O/c22-18-13-7-8-14-19(18)23-20(16-9-3-1-4-10-16)15-21(24)17-11-5-2-6-12-17/h1-14,20,23H,15,22H2. The highest BCUT2D eigenvalue weighted by Gasteiger charge is 2.17. The number of Topliss-reactive ketones (excluding diaryl/α,β-unsaturated/α-hetero) is 1. The number of nitrogens with two attached hydrogens (primary N) is 1. The quantitative estimate of drug-likeness (QED) is 0.512. The van der Waals surface area contributed by atoms with Gasteiger partial charge in [0.15, 0.2) is 5.78 Å². The van der Waals surface area contributed by atoms with E-state index in [0.29, 0.717) is 12.1 Å². The van der Waals surface area contributed by atoms with E-state index in [1.165, 1.54) is 0 Å². The second-order valence-corrected chi connectivity index (χ2v) is 5.69. The predicted octanol–water partition coefficient (Wildman–Crippen LogP) is 4.70. The molecule has 3 rings (SSSR count). The van der Waals surface area contributed by atoms with Gasteiger partial charge in [-0.25, -0.2) is 0 Å². The van der Waals surface area contributed by atoms with Crippen molar-refractivity contribution in [3.8, 4) is 0 Å². The van der Waals surface area contributed by atoms with Crippen molar-refractivity contribution in [2.75, 3.05) is 11.1 Å². The minimum Gasteiger partial charge on any atom is -0.397 e. The van der Waals surface area contributed by atoms with E-state index in [0.717, 1.165) is 16.8 Å². The van der Waals surface area contributed by atoms with Gasteiger partial charge in [0.1, 0.15) is 0 Å². The van der Waals surface area contributed by atoms with E-state index in [-0.39, 0.29) is 11.8 Å². The second-order valence-electron chi connectivity index (χ2n) is 5.69. The monoisotopic (exact) mass is 316 g/mol. The lowest BCUT2D eigenvalue weighted by Crippen LogP contribution is -2.16. The van der Waals surface area contributed by atoms with Gasteiger partial charge in [0.05, 0.1) is 17.4 Å². The summed E-state index contributed by atoms with van der Waals surface area (Å²) in [5, 5.41) is 3.42. The first-order valence-corrected chi connectivity index (χ1v) is 7.98. The van der Waals surface area contributed by atoms with Gasteiger partial charge in [-0.3, -0.25) is 4.79 Å². The van der Waals surface area contributed by atoms with Crippen LogP contribution < -0.4 is 11.1 Å². The third-order valence-corrected chi connectivity index (χ3v) is 3.98. The molecule has 0 aromatic heterocycles. The Kier molecular flexibility index (Phi) is 4.92. The van der Waals surface area contributed by atoms with Gasteiger partial charge in [-0.1, -0.05) is 72.8 Å². The number of hydrogen-bond acceptors (Lipinski definition) is 3. The smallest absolute Gasteiger partial charge is 0.165 e. The lowest BCUT2D eigenvalue weighted by Gasteiger charge is -2.21. The van der Waals surface area contributed by atoms with E-state index in [1.54, 1.807) is 0 Å². The van der Waals surface area contributed by atoms with Crippen molar-refractivity contribution in [1.82, 2.24) is 0 Å².